The molecule has 1 aromatic heterocycles. The van der Waals surface area contributed by atoms with Gasteiger partial charge in [0.2, 0.25) is 0 Å². The van der Waals surface area contributed by atoms with E-state index in [4.69, 9.17) is 9.47 Å². The molecule has 0 saturated heterocycles. The van der Waals surface area contributed by atoms with Gasteiger partial charge in [0.25, 0.3) is 5.91 Å². The molecule has 0 radical (unpaired) electrons. The van der Waals surface area contributed by atoms with Gasteiger partial charge in [0.05, 0.1) is 25.5 Å². The first-order chi connectivity index (χ1) is 11.9. The van der Waals surface area contributed by atoms with Gasteiger partial charge < -0.3 is 20.1 Å². The van der Waals surface area contributed by atoms with Crippen molar-refractivity contribution in [2.75, 3.05) is 25.6 Å². The van der Waals surface area contributed by atoms with E-state index in [1.807, 2.05) is 30.3 Å². The standard InChI is InChI=1S/C19H25N3O3/c1-19(2,3)22-14-5-10-17(21-13-14)18(23)20-11-12-25-16-8-6-15(24-4)7-9-16/h5-10,13,22H,11-12H2,1-4H3,(H,20,23). The van der Waals surface area contributed by atoms with E-state index in [0.29, 0.717) is 18.8 Å². The zero-order chi connectivity index (χ0) is 18.3. The topological polar surface area (TPSA) is 72.5 Å². The van der Waals surface area contributed by atoms with Crippen LogP contribution in [0.4, 0.5) is 5.69 Å². The third kappa shape index (κ3) is 6.33. The summed E-state index contributed by atoms with van der Waals surface area (Å²) >= 11 is 0. The summed E-state index contributed by atoms with van der Waals surface area (Å²) in [7, 11) is 1.62. The lowest BCUT2D eigenvalue weighted by molar-refractivity contribution is 0.0942. The zero-order valence-electron chi connectivity index (χ0n) is 15.1. The van der Waals surface area contributed by atoms with Crippen LogP contribution in [0, 0.1) is 0 Å². The van der Waals surface area contributed by atoms with Crippen molar-refractivity contribution in [1.82, 2.24) is 10.3 Å². The Hall–Kier alpha value is -2.76. The van der Waals surface area contributed by atoms with Crippen LogP contribution < -0.4 is 20.1 Å². The summed E-state index contributed by atoms with van der Waals surface area (Å²) in [6.07, 6.45) is 1.66. The monoisotopic (exact) mass is 343 g/mol. The molecule has 1 heterocycles. The SMILES string of the molecule is COc1ccc(OCCNC(=O)c2ccc(NC(C)(C)C)cn2)cc1. The molecule has 0 spiro atoms. The number of anilines is 1. The normalized spacial score (nSPS) is 10.9. The van der Waals surface area contributed by atoms with Crippen molar-refractivity contribution in [3.63, 3.8) is 0 Å². The molecular formula is C19H25N3O3. The van der Waals surface area contributed by atoms with Gasteiger partial charge in [0.1, 0.15) is 23.8 Å². The van der Waals surface area contributed by atoms with Crippen LogP contribution in [0.25, 0.3) is 0 Å². The first kappa shape index (κ1) is 18.6. The second-order valence-corrected chi connectivity index (χ2v) is 6.59. The van der Waals surface area contributed by atoms with Crippen LogP contribution in [-0.4, -0.2) is 36.7 Å². The Morgan fingerprint density at radius 2 is 1.76 bits per heavy atom. The maximum atomic E-state index is 12.1. The Morgan fingerprint density at radius 1 is 1.08 bits per heavy atom. The van der Waals surface area contributed by atoms with Crippen molar-refractivity contribution in [2.45, 2.75) is 26.3 Å². The third-order valence-electron chi connectivity index (χ3n) is 3.23. The zero-order valence-corrected chi connectivity index (χ0v) is 15.1. The number of methoxy groups -OCH3 is 1. The van der Waals surface area contributed by atoms with Crippen molar-refractivity contribution < 1.29 is 14.3 Å². The minimum Gasteiger partial charge on any atom is -0.497 e. The summed E-state index contributed by atoms with van der Waals surface area (Å²) in [5.41, 5.74) is 1.21. The number of hydrogen-bond acceptors (Lipinski definition) is 5. The molecule has 0 aliphatic heterocycles. The van der Waals surface area contributed by atoms with Crippen molar-refractivity contribution >= 4 is 11.6 Å². The number of nitrogens with one attached hydrogen (secondary N) is 2. The molecule has 0 aliphatic carbocycles. The summed E-state index contributed by atoms with van der Waals surface area (Å²) in [5.74, 6) is 1.28. The summed E-state index contributed by atoms with van der Waals surface area (Å²) in [5, 5.41) is 6.09. The predicted octanol–water partition coefficient (Wildman–Crippen LogP) is 3.11. The van der Waals surface area contributed by atoms with Gasteiger partial charge in [-0.05, 0) is 57.2 Å². The van der Waals surface area contributed by atoms with Crippen LogP contribution >= 0.6 is 0 Å². The summed E-state index contributed by atoms with van der Waals surface area (Å²) < 4.78 is 10.7. The fourth-order valence-corrected chi connectivity index (χ4v) is 2.13. The second kappa shape index (κ2) is 8.37. The number of carbonyl (C=O) groups excluding carboxylic acids is 1. The van der Waals surface area contributed by atoms with Gasteiger partial charge in [-0.3, -0.25) is 4.79 Å². The molecule has 0 unspecified atom stereocenters. The Labute approximate surface area is 148 Å². The van der Waals surface area contributed by atoms with E-state index >= 15 is 0 Å². The first-order valence-corrected chi connectivity index (χ1v) is 8.17. The molecular weight excluding hydrogens is 318 g/mol. The highest BCUT2D eigenvalue weighted by Crippen LogP contribution is 2.16. The van der Waals surface area contributed by atoms with Gasteiger partial charge in [-0.1, -0.05) is 0 Å². The first-order valence-electron chi connectivity index (χ1n) is 8.17. The molecule has 1 amide bonds. The molecule has 6 nitrogen and oxygen atoms in total. The summed E-state index contributed by atoms with van der Waals surface area (Å²) in [6, 6.07) is 10.8. The van der Waals surface area contributed by atoms with Crippen molar-refractivity contribution in [3.05, 3.63) is 48.3 Å². The summed E-state index contributed by atoms with van der Waals surface area (Å²) in [6.45, 7) is 6.97. The maximum absolute atomic E-state index is 12.1. The van der Waals surface area contributed by atoms with Gasteiger partial charge in [-0.25, -0.2) is 4.98 Å². The van der Waals surface area contributed by atoms with Gasteiger partial charge in [0.15, 0.2) is 0 Å². The fraction of sp³-hybridized carbons (Fsp3) is 0.368. The Kier molecular flexibility index (Phi) is 6.22. The average molecular weight is 343 g/mol. The quantitative estimate of drug-likeness (QED) is 0.756. The Bertz CT molecular complexity index is 677. The molecule has 134 valence electrons. The van der Waals surface area contributed by atoms with E-state index in [1.165, 1.54) is 0 Å². The lowest BCUT2D eigenvalue weighted by Crippen LogP contribution is -2.29. The number of ether oxygens (including phenoxy) is 2. The smallest absolute Gasteiger partial charge is 0.269 e. The number of pyridine rings is 1. The minimum absolute atomic E-state index is 0.0513. The molecule has 0 aliphatic rings. The van der Waals surface area contributed by atoms with Gasteiger partial charge in [-0.2, -0.15) is 0 Å². The van der Waals surface area contributed by atoms with Crippen LogP contribution in [0.5, 0.6) is 11.5 Å². The molecule has 0 fully saturated rings. The van der Waals surface area contributed by atoms with E-state index in [9.17, 15) is 4.79 Å². The van der Waals surface area contributed by atoms with Crippen LogP contribution in [0.1, 0.15) is 31.3 Å². The Balaban J connectivity index is 1.76. The van der Waals surface area contributed by atoms with Crippen LogP contribution in [0.15, 0.2) is 42.6 Å². The van der Waals surface area contributed by atoms with E-state index in [2.05, 4.69) is 36.4 Å². The number of aromatic nitrogens is 1. The minimum atomic E-state index is -0.222. The highest BCUT2D eigenvalue weighted by Gasteiger charge is 2.11. The van der Waals surface area contributed by atoms with Gasteiger partial charge in [0, 0.05) is 5.54 Å². The summed E-state index contributed by atoms with van der Waals surface area (Å²) in [4.78, 5) is 16.3. The number of carbonyl (C=O) groups is 1. The molecule has 25 heavy (non-hydrogen) atoms. The second-order valence-electron chi connectivity index (χ2n) is 6.59. The number of amides is 1. The van der Waals surface area contributed by atoms with E-state index in [1.54, 1.807) is 19.4 Å². The molecule has 0 atom stereocenters. The highest BCUT2D eigenvalue weighted by atomic mass is 16.5. The number of nitrogens with zero attached hydrogens (tertiary/aromatic N) is 1. The van der Waals surface area contributed by atoms with Crippen LogP contribution in [-0.2, 0) is 0 Å². The van der Waals surface area contributed by atoms with E-state index in [-0.39, 0.29) is 11.4 Å². The molecule has 2 N–H and O–H groups in total. The molecule has 2 aromatic rings. The molecule has 0 bridgehead atoms. The van der Waals surface area contributed by atoms with Crippen molar-refractivity contribution in [1.29, 1.82) is 0 Å². The largest absolute Gasteiger partial charge is 0.497 e. The lowest BCUT2D eigenvalue weighted by atomic mass is 10.1. The van der Waals surface area contributed by atoms with Crippen molar-refractivity contribution in [3.8, 4) is 11.5 Å². The number of rotatable bonds is 7. The molecule has 6 heteroatoms. The molecule has 1 aromatic carbocycles. The fourth-order valence-electron chi connectivity index (χ4n) is 2.13. The average Bonchev–Trinajstić information content (AvgIpc) is 2.58. The van der Waals surface area contributed by atoms with E-state index < -0.39 is 0 Å². The van der Waals surface area contributed by atoms with Crippen LogP contribution in [0.3, 0.4) is 0 Å². The van der Waals surface area contributed by atoms with Crippen LogP contribution in [0.2, 0.25) is 0 Å². The predicted molar refractivity (Wildman–Crippen MR) is 98.4 cm³/mol. The van der Waals surface area contributed by atoms with Crippen molar-refractivity contribution in [2.24, 2.45) is 0 Å². The molecule has 2 rings (SSSR count). The Morgan fingerprint density at radius 3 is 2.32 bits per heavy atom. The maximum Gasteiger partial charge on any atom is 0.269 e. The number of benzene rings is 1. The van der Waals surface area contributed by atoms with Gasteiger partial charge >= 0.3 is 0 Å². The van der Waals surface area contributed by atoms with Gasteiger partial charge in [-0.15, -0.1) is 0 Å². The third-order valence-corrected chi connectivity index (χ3v) is 3.23. The lowest BCUT2D eigenvalue weighted by Gasteiger charge is -2.21. The molecule has 0 saturated carbocycles. The van der Waals surface area contributed by atoms with E-state index in [0.717, 1.165) is 17.2 Å². The highest BCUT2D eigenvalue weighted by molar-refractivity contribution is 5.92. The number of hydrogen-bond donors (Lipinski definition) is 2.